The Balaban J connectivity index is 2.00. The van der Waals surface area contributed by atoms with E-state index in [-0.39, 0.29) is 23.7 Å². The molecule has 0 fully saturated rings. The minimum absolute atomic E-state index is 0.0883. The Morgan fingerprint density at radius 3 is 2.33 bits per heavy atom. The summed E-state index contributed by atoms with van der Waals surface area (Å²) in [5, 5.41) is 0.335. The number of carbonyl (C=O) groups is 2. The van der Waals surface area contributed by atoms with Crippen molar-refractivity contribution in [3.8, 4) is 18.1 Å². The van der Waals surface area contributed by atoms with Gasteiger partial charge in [0, 0.05) is 11.1 Å². The fourth-order valence-electron chi connectivity index (χ4n) is 2.48. The minimum Gasteiger partial charge on any atom is -0.478 e. The number of halogens is 2. The van der Waals surface area contributed by atoms with Crippen molar-refractivity contribution < 1.29 is 14.3 Å². The lowest BCUT2D eigenvalue weighted by Crippen LogP contribution is -2.00. The van der Waals surface area contributed by atoms with Gasteiger partial charge in [0.1, 0.15) is 6.61 Å². The number of hydrogen-bond acceptors (Lipinski definition) is 3. The quantitative estimate of drug-likeness (QED) is 0.430. The molecule has 0 unspecified atom stereocenters. The number of terminal acetylenes is 1. The van der Waals surface area contributed by atoms with Gasteiger partial charge in [0.05, 0.1) is 15.1 Å². The van der Waals surface area contributed by atoms with Crippen molar-refractivity contribution in [3.05, 3.63) is 68.2 Å². The zero-order chi connectivity index (χ0) is 17.3. The van der Waals surface area contributed by atoms with Gasteiger partial charge in [-0.05, 0) is 39.7 Å². The van der Waals surface area contributed by atoms with E-state index in [9.17, 15) is 9.59 Å². The first-order valence-corrected chi connectivity index (χ1v) is 8.15. The molecule has 0 radical (unpaired) electrons. The first-order valence-electron chi connectivity index (χ1n) is 6.98. The average Bonchev–Trinajstić information content (AvgIpc) is 2.80. The third-order valence-electron chi connectivity index (χ3n) is 3.54. The molecule has 0 saturated carbocycles. The molecule has 1 aliphatic rings. The molecule has 0 amide bonds. The Bertz CT molecular complexity index is 878. The van der Waals surface area contributed by atoms with Crippen LogP contribution < -0.4 is 4.74 Å². The van der Waals surface area contributed by atoms with Crippen LogP contribution in [0.1, 0.15) is 26.3 Å². The maximum atomic E-state index is 12.4. The second-order valence-corrected chi connectivity index (χ2v) is 6.33. The average molecular weight is 402 g/mol. The minimum atomic E-state index is -0.282. The normalized spacial score (nSPS) is 12.8. The number of Topliss-reactive ketones (excluding diaryl/α,β-unsaturated/α-hetero) is 2. The van der Waals surface area contributed by atoms with E-state index in [1.54, 1.807) is 36.4 Å². The van der Waals surface area contributed by atoms with Crippen LogP contribution in [0.15, 0.2) is 46.4 Å². The van der Waals surface area contributed by atoms with Gasteiger partial charge in [-0.3, -0.25) is 9.59 Å². The molecular weight excluding hydrogens is 392 g/mol. The van der Waals surface area contributed by atoms with Crippen LogP contribution in [0.25, 0.3) is 6.08 Å². The molecule has 0 bridgehead atoms. The first-order chi connectivity index (χ1) is 11.5. The van der Waals surface area contributed by atoms with Gasteiger partial charge in [-0.1, -0.05) is 41.8 Å². The lowest BCUT2D eigenvalue weighted by atomic mass is 10.1. The maximum Gasteiger partial charge on any atom is 0.197 e. The van der Waals surface area contributed by atoms with Crippen molar-refractivity contribution >= 4 is 45.2 Å². The highest BCUT2D eigenvalue weighted by atomic mass is 79.9. The van der Waals surface area contributed by atoms with Gasteiger partial charge in [0.2, 0.25) is 0 Å². The van der Waals surface area contributed by atoms with Crippen LogP contribution in [-0.2, 0) is 0 Å². The first kappa shape index (κ1) is 16.5. The molecule has 3 rings (SSSR count). The van der Waals surface area contributed by atoms with Crippen LogP contribution in [0.2, 0.25) is 5.02 Å². The number of hydrogen-bond donors (Lipinski definition) is 0. The van der Waals surface area contributed by atoms with Gasteiger partial charge in [0.25, 0.3) is 0 Å². The summed E-state index contributed by atoms with van der Waals surface area (Å²) in [5.41, 5.74) is 1.58. The summed E-state index contributed by atoms with van der Waals surface area (Å²) in [4.78, 5) is 24.8. The molecule has 3 nitrogen and oxygen atoms in total. The van der Waals surface area contributed by atoms with Crippen LogP contribution in [-0.4, -0.2) is 18.2 Å². The molecule has 0 heterocycles. The number of carbonyl (C=O) groups excluding carboxylic acids is 2. The molecule has 1 aliphatic carbocycles. The lowest BCUT2D eigenvalue weighted by Gasteiger charge is -2.09. The highest BCUT2D eigenvalue weighted by Gasteiger charge is 2.32. The molecule has 0 N–H and O–H groups in total. The maximum absolute atomic E-state index is 12.4. The predicted octanol–water partition coefficient (Wildman–Crippen LogP) is 4.58. The molecule has 0 saturated heterocycles. The summed E-state index contributed by atoms with van der Waals surface area (Å²) in [6, 6.07) is 10.1. The number of benzene rings is 2. The summed E-state index contributed by atoms with van der Waals surface area (Å²) in [6.45, 7) is 0.0883. The Morgan fingerprint density at radius 2 is 1.79 bits per heavy atom. The molecule has 118 valence electrons. The Morgan fingerprint density at radius 1 is 1.17 bits per heavy atom. The number of ketones is 2. The Hall–Kier alpha value is -2.35. The van der Waals surface area contributed by atoms with Gasteiger partial charge in [-0.25, -0.2) is 0 Å². The van der Waals surface area contributed by atoms with Crippen LogP contribution in [0, 0.1) is 12.3 Å². The van der Waals surface area contributed by atoms with Crippen LogP contribution in [0.3, 0.4) is 0 Å². The van der Waals surface area contributed by atoms with E-state index < -0.39 is 0 Å². The molecule has 0 atom stereocenters. The van der Waals surface area contributed by atoms with E-state index in [0.717, 1.165) is 0 Å². The van der Waals surface area contributed by atoms with E-state index in [0.29, 0.717) is 31.9 Å². The van der Waals surface area contributed by atoms with Crippen molar-refractivity contribution in [1.29, 1.82) is 0 Å². The van der Waals surface area contributed by atoms with Gasteiger partial charge in [-0.15, -0.1) is 6.42 Å². The number of allylic oxidation sites excluding steroid dienone is 1. The van der Waals surface area contributed by atoms with E-state index in [1.165, 1.54) is 6.08 Å². The monoisotopic (exact) mass is 400 g/mol. The Labute approximate surface area is 152 Å². The molecule has 5 heteroatoms. The van der Waals surface area contributed by atoms with Gasteiger partial charge in [0.15, 0.2) is 17.3 Å². The van der Waals surface area contributed by atoms with Crippen molar-refractivity contribution in [2.75, 3.05) is 6.61 Å². The molecular formula is C19H10BrClO3. The molecule has 24 heavy (non-hydrogen) atoms. The highest BCUT2D eigenvalue weighted by molar-refractivity contribution is 9.10. The predicted molar refractivity (Wildman–Crippen MR) is 96.6 cm³/mol. The zero-order valence-electron chi connectivity index (χ0n) is 12.3. The number of ether oxygens (including phenoxy) is 1. The summed E-state index contributed by atoms with van der Waals surface area (Å²) in [7, 11) is 0. The standard InChI is InChI=1S/C19H10BrClO3/c1-2-7-24-19-15(20)9-11(10-16(19)21)8-14-17(22)12-5-3-4-6-13(12)18(14)23/h1,3-6,8-10H,7H2. The topological polar surface area (TPSA) is 43.4 Å². The number of fused-ring (bicyclic) bond motifs is 1. The third-order valence-corrected chi connectivity index (χ3v) is 4.41. The summed E-state index contributed by atoms with van der Waals surface area (Å²) < 4.78 is 5.96. The van der Waals surface area contributed by atoms with Crippen LogP contribution in [0.5, 0.6) is 5.75 Å². The summed E-state index contributed by atoms with van der Waals surface area (Å²) in [6.07, 6.45) is 6.70. The van der Waals surface area contributed by atoms with Crippen LogP contribution in [0.4, 0.5) is 0 Å². The smallest absolute Gasteiger partial charge is 0.197 e. The van der Waals surface area contributed by atoms with E-state index in [4.69, 9.17) is 22.8 Å². The fourth-order valence-corrected chi connectivity index (χ4v) is 3.47. The van der Waals surface area contributed by atoms with Crippen molar-refractivity contribution in [3.63, 3.8) is 0 Å². The highest BCUT2D eigenvalue weighted by Crippen LogP contribution is 2.36. The van der Waals surface area contributed by atoms with Gasteiger partial charge >= 0.3 is 0 Å². The molecule has 0 aromatic heterocycles. The zero-order valence-corrected chi connectivity index (χ0v) is 14.6. The Kier molecular flexibility index (Phi) is 4.57. The molecule has 2 aromatic carbocycles. The van der Waals surface area contributed by atoms with E-state index >= 15 is 0 Å². The second kappa shape index (κ2) is 6.64. The lowest BCUT2D eigenvalue weighted by molar-refractivity contribution is 0.0990. The molecule has 0 aliphatic heterocycles. The molecule has 0 spiro atoms. The SMILES string of the molecule is C#CCOc1c(Cl)cc(C=C2C(=O)c3ccccc3C2=O)cc1Br. The van der Waals surface area contributed by atoms with E-state index in [1.807, 2.05) is 0 Å². The van der Waals surface area contributed by atoms with Gasteiger partial charge < -0.3 is 4.74 Å². The second-order valence-electron chi connectivity index (χ2n) is 5.07. The molecule has 2 aromatic rings. The largest absolute Gasteiger partial charge is 0.478 e. The van der Waals surface area contributed by atoms with Gasteiger partial charge in [-0.2, -0.15) is 0 Å². The third kappa shape index (κ3) is 2.89. The number of rotatable bonds is 3. The summed E-state index contributed by atoms with van der Waals surface area (Å²) >= 11 is 9.55. The fraction of sp³-hybridized carbons (Fsp3) is 0.0526. The van der Waals surface area contributed by atoms with E-state index in [2.05, 4.69) is 21.9 Å². The van der Waals surface area contributed by atoms with Crippen molar-refractivity contribution in [2.24, 2.45) is 0 Å². The summed E-state index contributed by atoms with van der Waals surface area (Å²) in [5.74, 6) is 2.22. The van der Waals surface area contributed by atoms with Crippen molar-refractivity contribution in [2.45, 2.75) is 0 Å². The van der Waals surface area contributed by atoms with Crippen LogP contribution >= 0.6 is 27.5 Å². The van der Waals surface area contributed by atoms with Crippen molar-refractivity contribution in [1.82, 2.24) is 0 Å².